The van der Waals surface area contributed by atoms with Gasteiger partial charge in [-0.05, 0) is 12.5 Å². The Morgan fingerprint density at radius 1 is 1.54 bits per heavy atom. The molecule has 1 N–H and O–H groups in total. The smallest absolute Gasteiger partial charge is 0.335 e. The molecule has 1 rings (SSSR count). The van der Waals surface area contributed by atoms with Crippen molar-refractivity contribution in [2.45, 2.75) is 32.3 Å². The highest BCUT2D eigenvalue weighted by Gasteiger charge is 2.08. The van der Waals surface area contributed by atoms with Crippen molar-refractivity contribution in [2.24, 2.45) is 0 Å². The van der Waals surface area contributed by atoms with E-state index >= 15 is 0 Å². The van der Waals surface area contributed by atoms with E-state index in [0.29, 0.717) is 12.2 Å². The molecule has 0 bridgehead atoms. The summed E-state index contributed by atoms with van der Waals surface area (Å²) < 4.78 is 4.83. The van der Waals surface area contributed by atoms with Gasteiger partial charge in [-0.2, -0.15) is 0 Å². The lowest BCUT2D eigenvalue weighted by molar-refractivity contribution is 0.133. The van der Waals surface area contributed by atoms with Gasteiger partial charge in [0.05, 0.1) is 0 Å². The second-order valence-electron chi connectivity index (χ2n) is 3.01. The molecule has 72 valence electrons. The van der Waals surface area contributed by atoms with E-state index in [9.17, 15) is 9.90 Å². The van der Waals surface area contributed by atoms with Crippen molar-refractivity contribution in [2.75, 3.05) is 0 Å². The standard InChI is InChI=1S/C10H14O3/c1-2-3-5-8(11)9-6-4-7-10(12)13-9/h4,6-8,11H,2-3,5H2,1H3/t8-/m1/s1. The Labute approximate surface area is 77.0 Å². The first-order valence-corrected chi connectivity index (χ1v) is 4.52. The number of unbranched alkanes of at least 4 members (excludes halogenated alkanes) is 1. The molecule has 0 aromatic carbocycles. The van der Waals surface area contributed by atoms with Crippen molar-refractivity contribution in [1.82, 2.24) is 0 Å². The van der Waals surface area contributed by atoms with Gasteiger partial charge >= 0.3 is 5.63 Å². The third kappa shape index (κ3) is 3.03. The first-order valence-electron chi connectivity index (χ1n) is 4.52. The normalized spacial score (nSPS) is 12.8. The molecule has 1 atom stereocenters. The lowest BCUT2D eigenvalue weighted by Gasteiger charge is -2.07. The van der Waals surface area contributed by atoms with Crippen LogP contribution in [0.25, 0.3) is 0 Å². The number of rotatable bonds is 4. The fraction of sp³-hybridized carbons (Fsp3) is 0.500. The Balaban J connectivity index is 2.65. The molecule has 0 aliphatic carbocycles. The third-order valence-corrected chi connectivity index (χ3v) is 1.87. The maximum Gasteiger partial charge on any atom is 0.335 e. The molecule has 1 aromatic heterocycles. The third-order valence-electron chi connectivity index (χ3n) is 1.87. The van der Waals surface area contributed by atoms with Gasteiger partial charge in [-0.15, -0.1) is 0 Å². The molecule has 0 aliphatic heterocycles. The van der Waals surface area contributed by atoms with E-state index in [2.05, 4.69) is 0 Å². The van der Waals surface area contributed by atoms with Gasteiger partial charge in [0.1, 0.15) is 11.9 Å². The van der Waals surface area contributed by atoms with Crippen molar-refractivity contribution >= 4 is 0 Å². The van der Waals surface area contributed by atoms with Crippen LogP contribution in [-0.2, 0) is 0 Å². The lowest BCUT2D eigenvalue weighted by Crippen LogP contribution is -2.03. The van der Waals surface area contributed by atoms with Gasteiger partial charge in [0, 0.05) is 6.07 Å². The van der Waals surface area contributed by atoms with Gasteiger partial charge in [0.2, 0.25) is 0 Å². The van der Waals surface area contributed by atoms with Crippen molar-refractivity contribution in [3.8, 4) is 0 Å². The van der Waals surface area contributed by atoms with Crippen LogP contribution in [0.5, 0.6) is 0 Å². The van der Waals surface area contributed by atoms with Crippen LogP contribution in [0, 0.1) is 0 Å². The summed E-state index contributed by atoms with van der Waals surface area (Å²) in [5.74, 6) is 0.362. The van der Waals surface area contributed by atoms with Crippen LogP contribution < -0.4 is 5.63 Å². The molecule has 0 aliphatic rings. The highest BCUT2D eigenvalue weighted by atomic mass is 16.4. The van der Waals surface area contributed by atoms with E-state index in [0.717, 1.165) is 12.8 Å². The Morgan fingerprint density at radius 3 is 2.92 bits per heavy atom. The summed E-state index contributed by atoms with van der Waals surface area (Å²) in [6.07, 6.45) is 1.95. The zero-order valence-corrected chi connectivity index (χ0v) is 7.69. The summed E-state index contributed by atoms with van der Waals surface area (Å²) in [6, 6.07) is 4.55. The first-order chi connectivity index (χ1) is 6.24. The second-order valence-corrected chi connectivity index (χ2v) is 3.01. The molecule has 0 unspecified atom stereocenters. The van der Waals surface area contributed by atoms with Crippen LogP contribution in [-0.4, -0.2) is 5.11 Å². The van der Waals surface area contributed by atoms with Crippen LogP contribution >= 0.6 is 0 Å². The summed E-state index contributed by atoms with van der Waals surface area (Å²) in [4.78, 5) is 10.8. The minimum atomic E-state index is -0.645. The van der Waals surface area contributed by atoms with Crippen molar-refractivity contribution in [1.29, 1.82) is 0 Å². The van der Waals surface area contributed by atoms with E-state index < -0.39 is 11.7 Å². The lowest BCUT2D eigenvalue weighted by atomic mass is 10.1. The van der Waals surface area contributed by atoms with Gasteiger partial charge in [-0.1, -0.05) is 25.8 Å². The van der Waals surface area contributed by atoms with Crippen LogP contribution in [0.4, 0.5) is 0 Å². The molecule has 0 amide bonds. The molecule has 1 aromatic rings. The molecule has 0 spiro atoms. The largest absolute Gasteiger partial charge is 0.425 e. The summed E-state index contributed by atoms with van der Waals surface area (Å²) >= 11 is 0. The number of aliphatic hydroxyl groups is 1. The molecule has 0 saturated heterocycles. The SMILES string of the molecule is CCCC[C@@H](O)c1cccc(=O)o1. The quantitative estimate of drug-likeness (QED) is 0.773. The van der Waals surface area contributed by atoms with Gasteiger partial charge < -0.3 is 9.52 Å². The average molecular weight is 182 g/mol. The highest BCUT2D eigenvalue weighted by Crippen LogP contribution is 2.16. The Hall–Kier alpha value is -1.09. The second kappa shape index (κ2) is 4.82. The fourth-order valence-corrected chi connectivity index (χ4v) is 1.12. The highest BCUT2D eigenvalue weighted by molar-refractivity contribution is 5.02. The monoisotopic (exact) mass is 182 g/mol. The predicted octanol–water partition coefficient (Wildman–Crippen LogP) is 1.86. The maximum atomic E-state index is 10.8. The first kappa shape index (κ1) is 9.99. The van der Waals surface area contributed by atoms with E-state index in [4.69, 9.17) is 4.42 Å². The average Bonchev–Trinajstić information content (AvgIpc) is 2.14. The summed E-state index contributed by atoms with van der Waals surface area (Å²) in [5, 5.41) is 9.54. The Bertz CT molecular complexity index is 303. The number of aliphatic hydroxyl groups excluding tert-OH is 1. The summed E-state index contributed by atoms with van der Waals surface area (Å²) in [5.41, 5.74) is -0.409. The maximum absolute atomic E-state index is 10.8. The van der Waals surface area contributed by atoms with E-state index in [1.54, 1.807) is 12.1 Å². The molecule has 0 fully saturated rings. The molecule has 13 heavy (non-hydrogen) atoms. The minimum Gasteiger partial charge on any atom is -0.425 e. The molecule has 3 nitrogen and oxygen atoms in total. The minimum absolute atomic E-state index is 0.362. The van der Waals surface area contributed by atoms with E-state index in [1.807, 2.05) is 6.92 Å². The Morgan fingerprint density at radius 2 is 2.31 bits per heavy atom. The molecule has 1 heterocycles. The topological polar surface area (TPSA) is 50.4 Å². The van der Waals surface area contributed by atoms with Crippen LogP contribution in [0.15, 0.2) is 27.4 Å². The van der Waals surface area contributed by atoms with Crippen molar-refractivity contribution < 1.29 is 9.52 Å². The fourth-order valence-electron chi connectivity index (χ4n) is 1.12. The van der Waals surface area contributed by atoms with Gasteiger partial charge in [0.15, 0.2) is 0 Å². The van der Waals surface area contributed by atoms with Crippen LogP contribution in [0.3, 0.4) is 0 Å². The predicted molar refractivity (Wildman–Crippen MR) is 49.5 cm³/mol. The molecular weight excluding hydrogens is 168 g/mol. The van der Waals surface area contributed by atoms with E-state index in [-0.39, 0.29) is 0 Å². The molecule has 0 saturated carbocycles. The molecule has 0 radical (unpaired) electrons. The van der Waals surface area contributed by atoms with Crippen molar-refractivity contribution in [3.05, 3.63) is 34.4 Å². The van der Waals surface area contributed by atoms with Gasteiger partial charge in [0.25, 0.3) is 0 Å². The summed E-state index contributed by atoms with van der Waals surface area (Å²) in [6.45, 7) is 2.05. The van der Waals surface area contributed by atoms with Gasteiger partial charge in [-0.3, -0.25) is 0 Å². The van der Waals surface area contributed by atoms with E-state index in [1.165, 1.54) is 6.07 Å². The zero-order valence-electron chi connectivity index (χ0n) is 7.69. The summed E-state index contributed by atoms with van der Waals surface area (Å²) in [7, 11) is 0. The van der Waals surface area contributed by atoms with Crippen molar-refractivity contribution in [3.63, 3.8) is 0 Å². The molecule has 3 heteroatoms. The zero-order chi connectivity index (χ0) is 9.68. The van der Waals surface area contributed by atoms with Gasteiger partial charge in [-0.25, -0.2) is 4.79 Å². The Kier molecular flexibility index (Phi) is 3.71. The van der Waals surface area contributed by atoms with Crippen LogP contribution in [0.2, 0.25) is 0 Å². The van der Waals surface area contributed by atoms with Crippen LogP contribution in [0.1, 0.15) is 38.1 Å². The number of hydrogen-bond acceptors (Lipinski definition) is 3. The number of hydrogen-bond donors (Lipinski definition) is 1. The molecular formula is C10H14O3.